The standard InChI is InChI=1S/C7H10O2/c1-4-7-8-5(2)6(3)9-7/h7H,2-4H2,1H3. The first-order valence-electron chi connectivity index (χ1n) is 2.95. The third kappa shape index (κ3) is 1.07. The SMILES string of the molecule is C=C1OC(CC)OC1=C. The molecule has 0 radical (unpaired) electrons. The van der Waals surface area contributed by atoms with E-state index in [1.165, 1.54) is 0 Å². The van der Waals surface area contributed by atoms with Gasteiger partial charge >= 0.3 is 0 Å². The normalized spacial score (nSPS) is 19.7. The third-order valence-corrected chi connectivity index (χ3v) is 1.19. The molecule has 0 N–H and O–H groups in total. The molecule has 0 saturated carbocycles. The fourth-order valence-corrected chi connectivity index (χ4v) is 0.640. The molecule has 0 bridgehead atoms. The van der Waals surface area contributed by atoms with Gasteiger partial charge in [-0.15, -0.1) is 0 Å². The highest BCUT2D eigenvalue weighted by Gasteiger charge is 2.21. The Bertz CT molecular complexity index is 133. The number of hydrogen-bond acceptors (Lipinski definition) is 2. The molecule has 1 rings (SSSR count). The highest BCUT2D eigenvalue weighted by Crippen LogP contribution is 2.24. The molecule has 1 aliphatic heterocycles. The van der Waals surface area contributed by atoms with Crippen molar-refractivity contribution in [1.82, 2.24) is 0 Å². The summed E-state index contributed by atoms with van der Waals surface area (Å²) < 4.78 is 10.2. The molecule has 0 atom stereocenters. The Kier molecular flexibility index (Phi) is 1.47. The quantitative estimate of drug-likeness (QED) is 0.533. The van der Waals surface area contributed by atoms with E-state index in [2.05, 4.69) is 13.2 Å². The van der Waals surface area contributed by atoms with E-state index < -0.39 is 0 Å². The van der Waals surface area contributed by atoms with Crippen molar-refractivity contribution in [3.63, 3.8) is 0 Å². The zero-order valence-corrected chi connectivity index (χ0v) is 5.52. The lowest BCUT2D eigenvalue weighted by Crippen LogP contribution is -2.02. The molecule has 9 heavy (non-hydrogen) atoms. The van der Waals surface area contributed by atoms with E-state index >= 15 is 0 Å². The second-order valence-corrected chi connectivity index (χ2v) is 1.92. The molecule has 1 fully saturated rings. The summed E-state index contributed by atoms with van der Waals surface area (Å²) in [5, 5.41) is 0. The fourth-order valence-electron chi connectivity index (χ4n) is 0.640. The van der Waals surface area contributed by atoms with E-state index in [9.17, 15) is 0 Å². The first-order chi connectivity index (χ1) is 4.24. The zero-order valence-electron chi connectivity index (χ0n) is 5.52. The van der Waals surface area contributed by atoms with Gasteiger partial charge in [0.15, 0.2) is 11.5 Å². The average Bonchev–Trinajstić information content (AvgIpc) is 2.13. The predicted octanol–water partition coefficient (Wildman–Crippen LogP) is 1.80. The maximum atomic E-state index is 5.11. The van der Waals surface area contributed by atoms with Crippen LogP contribution >= 0.6 is 0 Å². The summed E-state index contributed by atoms with van der Waals surface area (Å²) in [6.45, 7) is 9.16. The van der Waals surface area contributed by atoms with Crippen LogP contribution in [-0.4, -0.2) is 6.29 Å². The van der Waals surface area contributed by atoms with Gasteiger partial charge in [0.05, 0.1) is 0 Å². The summed E-state index contributed by atoms with van der Waals surface area (Å²) in [5.41, 5.74) is 0. The topological polar surface area (TPSA) is 18.5 Å². The van der Waals surface area contributed by atoms with Crippen molar-refractivity contribution in [2.75, 3.05) is 0 Å². The molecule has 0 aromatic carbocycles. The van der Waals surface area contributed by atoms with Gasteiger partial charge in [-0.05, 0) is 0 Å². The molecular formula is C7H10O2. The van der Waals surface area contributed by atoms with Gasteiger partial charge in [-0.25, -0.2) is 0 Å². The smallest absolute Gasteiger partial charge is 0.241 e. The van der Waals surface area contributed by atoms with Gasteiger partial charge in [-0.2, -0.15) is 0 Å². The van der Waals surface area contributed by atoms with Gasteiger partial charge in [0, 0.05) is 6.42 Å². The van der Waals surface area contributed by atoms with Crippen LogP contribution in [0.5, 0.6) is 0 Å². The molecule has 2 heteroatoms. The Morgan fingerprint density at radius 1 is 1.33 bits per heavy atom. The van der Waals surface area contributed by atoms with Gasteiger partial charge in [0.1, 0.15) is 0 Å². The van der Waals surface area contributed by atoms with Gasteiger partial charge in [-0.3, -0.25) is 0 Å². The van der Waals surface area contributed by atoms with Crippen LogP contribution in [0, 0.1) is 0 Å². The van der Waals surface area contributed by atoms with E-state index in [1.807, 2.05) is 6.92 Å². The lowest BCUT2D eigenvalue weighted by molar-refractivity contribution is -0.0187. The van der Waals surface area contributed by atoms with Gasteiger partial charge in [0.25, 0.3) is 0 Å². The maximum Gasteiger partial charge on any atom is 0.241 e. The number of hydrogen-bond donors (Lipinski definition) is 0. The van der Waals surface area contributed by atoms with Crippen molar-refractivity contribution in [1.29, 1.82) is 0 Å². The molecular weight excluding hydrogens is 116 g/mol. The molecule has 0 unspecified atom stereocenters. The molecule has 2 nitrogen and oxygen atoms in total. The van der Waals surface area contributed by atoms with E-state index in [1.54, 1.807) is 0 Å². The highest BCUT2D eigenvalue weighted by atomic mass is 16.7. The minimum atomic E-state index is -0.148. The summed E-state index contributed by atoms with van der Waals surface area (Å²) in [6.07, 6.45) is 0.683. The lowest BCUT2D eigenvalue weighted by Gasteiger charge is -2.03. The summed E-state index contributed by atoms with van der Waals surface area (Å²) >= 11 is 0. The van der Waals surface area contributed by atoms with Crippen LogP contribution in [0.15, 0.2) is 24.7 Å². The van der Waals surface area contributed by atoms with Crippen molar-refractivity contribution in [3.05, 3.63) is 24.7 Å². The second-order valence-electron chi connectivity index (χ2n) is 1.92. The molecule has 0 spiro atoms. The van der Waals surface area contributed by atoms with Crippen LogP contribution < -0.4 is 0 Å². The highest BCUT2D eigenvalue weighted by molar-refractivity contribution is 5.15. The Morgan fingerprint density at radius 2 is 1.78 bits per heavy atom. The van der Waals surface area contributed by atoms with Crippen LogP contribution in [0.1, 0.15) is 13.3 Å². The maximum absolute atomic E-state index is 5.11. The summed E-state index contributed by atoms with van der Waals surface area (Å²) in [7, 11) is 0. The molecule has 0 amide bonds. The van der Waals surface area contributed by atoms with Crippen molar-refractivity contribution in [2.24, 2.45) is 0 Å². The molecule has 1 heterocycles. The molecule has 0 aromatic heterocycles. The zero-order chi connectivity index (χ0) is 6.85. The fraction of sp³-hybridized carbons (Fsp3) is 0.429. The first-order valence-corrected chi connectivity index (χ1v) is 2.95. The first kappa shape index (κ1) is 6.20. The Balaban J connectivity index is 2.54. The van der Waals surface area contributed by atoms with Crippen LogP contribution in [-0.2, 0) is 9.47 Å². The second kappa shape index (κ2) is 2.13. The molecule has 0 aliphatic carbocycles. The van der Waals surface area contributed by atoms with Crippen molar-refractivity contribution in [2.45, 2.75) is 19.6 Å². The molecule has 1 saturated heterocycles. The van der Waals surface area contributed by atoms with Crippen molar-refractivity contribution in [3.8, 4) is 0 Å². The largest absolute Gasteiger partial charge is 0.452 e. The monoisotopic (exact) mass is 126 g/mol. The minimum Gasteiger partial charge on any atom is -0.452 e. The predicted molar refractivity (Wildman–Crippen MR) is 34.5 cm³/mol. The van der Waals surface area contributed by atoms with E-state index in [-0.39, 0.29) is 6.29 Å². The van der Waals surface area contributed by atoms with Crippen LogP contribution in [0.2, 0.25) is 0 Å². The lowest BCUT2D eigenvalue weighted by atomic mass is 10.5. The van der Waals surface area contributed by atoms with E-state index in [4.69, 9.17) is 9.47 Å². The minimum absolute atomic E-state index is 0.148. The van der Waals surface area contributed by atoms with Crippen LogP contribution in [0.3, 0.4) is 0 Å². The average molecular weight is 126 g/mol. The van der Waals surface area contributed by atoms with Crippen LogP contribution in [0.4, 0.5) is 0 Å². The van der Waals surface area contributed by atoms with Crippen molar-refractivity contribution < 1.29 is 9.47 Å². The van der Waals surface area contributed by atoms with Gasteiger partial charge in [0.2, 0.25) is 6.29 Å². The molecule has 50 valence electrons. The summed E-state index contributed by atoms with van der Waals surface area (Å²) in [6, 6.07) is 0. The van der Waals surface area contributed by atoms with E-state index in [0.29, 0.717) is 11.5 Å². The Hall–Kier alpha value is -0.920. The Morgan fingerprint density at radius 3 is 2.00 bits per heavy atom. The van der Waals surface area contributed by atoms with E-state index in [0.717, 1.165) is 6.42 Å². The van der Waals surface area contributed by atoms with Gasteiger partial charge in [-0.1, -0.05) is 20.1 Å². The van der Waals surface area contributed by atoms with Gasteiger partial charge < -0.3 is 9.47 Å². The van der Waals surface area contributed by atoms with Crippen LogP contribution in [0.25, 0.3) is 0 Å². The number of rotatable bonds is 1. The summed E-state index contributed by atoms with van der Waals surface area (Å²) in [4.78, 5) is 0. The van der Waals surface area contributed by atoms with Crippen molar-refractivity contribution >= 4 is 0 Å². The molecule has 0 aromatic rings. The number of ether oxygens (including phenoxy) is 2. The summed E-state index contributed by atoms with van der Waals surface area (Å²) in [5.74, 6) is 1.11. The third-order valence-electron chi connectivity index (χ3n) is 1.19. The Labute approximate surface area is 54.8 Å². The molecule has 1 aliphatic rings.